The molecule has 0 saturated carbocycles. The van der Waals surface area contributed by atoms with E-state index in [0.717, 1.165) is 71.8 Å². The van der Waals surface area contributed by atoms with E-state index in [2.05, 4.69) is 45.2 Å². The predicted octanol–water partition coefficient (Wildman–Crippen LogP) is 6.73. The van der Waals surface area contributed by atoms with Crippen LogP contribution in [0.25, 0.3) is 28.1 Å². The number of rotatable bonds is 7. The van der Waals surface area contributed by atoms with Gasteiger partial charge < -0.3 is 20.4 Å². The third-order valence-electron chi connectivity index (χ3n) is 7.28. The number of carbonyl (C=O) groups is 3. The largest absolute Gasteiger partial charge is 0.444 e. The van der Waals surface area contributed by atoms with Crippen LogP contribution in [0.4, 0.5) is 4.79 Å². The Morgan fingerprint density at radius 2 is 1.77 bits per heavy atom. The lowest BCUT2D eigenvalue weighted by Gasteiger charge is -2.33. The van der Waals surface area contributed by atoms with Gasteiger partial charge in [0.15, 0.2) is 5.78 Å². The van der Waals surface area contributed by atoms with E-state index in [1.54, 1.807) is 6.92 Å². The molecule has 250 valence electrons. The number of imidazole rings is 1. The molecule has 3 N–H and O–H groups in total. The molecule has 3 heterocycles. The zero-order chi connectivity index (χ0) is 34.6. The van der Waals surface area contributed by atoms with Crippen LogP contribution in [-0.4, -0.2) is 62.5 Å². The summed E-state index contributed by atoms with van der Waals surface area (Å²) >= 11 is 0. The lowest BCUT2D eigenvalue weighted by Crippen LogP contribution is -2.48. The zero-order valence-electron chi connectivity index (χ0n) is 28.6. The van der Waals surface area contributed by atoms with Gasteiger partial charge in [0.05, 0.1) is 17.7 Å². The van der Waals surface area contributed by atoms with Gasteiger partial charge in [0, 0.05) is 48.3 Å². The number of nitrogens with one attached hydrogen (secondary N) is 1. The Balaban J connectivity index is 0.00000114. The number of hydrogen-bond acceptors (Lipinski definition) is 7. The minimum absolute atomic E-state index is 0.0386. The lowest BCUT2D eigenvalue weighted by molar-refractivity contribution is -0.106. The van der Waals surface area contributed by atoms with Crippen LogP contribution in [-0.2, 0) is 16.1 Å². The van der Waals surface area contributed by atoms with Gasteiger partial charge in [-0.1, -0.05) is 32.0 Å². The second-order valence-corrected chi connectivity index (χ2v) is 12.2. The summed E-state index contributed by atoms with van der Waals surface area (Å²) in [6.45, 7) is 15.6. The maximum absolute atomic E-state index is 12.4. The number of benzene rings is 2. The van der Waals surface area contributed by atoms with Gasteiger partial charge in [-0.05, 0) is 107 Å². The highest BCUT2D eigenvalue weighted by Gasteiger charge is 2.24. The molecule has 10 nitrogen and oxygen atoms in total. The normalized spacial score (nSPS) is 14.5. The molecular formula is C37H48N6O4. The van der Waals surface area contributed by atoms with Crippen molar-refractivity contribution in [3.63, 3.8) is 0 Å². The maximum Gasteiger partial charge on any atom is 0.407 e. The number of hydrogen-bond donors (Lipinski definition) is 2. The first-order chi connectivity index (χ1) is 22.4. The second-order valence-electron chi connectivity index (χ2n) is 12.2. The van der Waals surface area contributed by atoms with Crippen molar-refractivity contribution < 1.29 is 19.1 Å². The van der Waals surface area contributed by atoms with Crippen molar-refractivity contribution >= 4 is 18.3 Å². The molecule has 1 aliphatic rings. The topological polar surface area (TPSA) is 132 Å². The molecule has 2 amide bonds. The Hall–Kier alpha value is -4.83. The van der Waals surface area contributed by atoms with Crippen molar-refractivity contribution in [2.75, 3.05) is 13.1 Å². The molecule has 4 aromatic rings. The average Bonchev–Trinajstić information content (AvgIpc) is 3.48. The molecule has 2 aromatic heterocycles. The zero-order valence-corrected chi connectivity index (χ0v) is 28.6. The summed E-state index contributed by atoms with van der Waals surface area (Å²) in [5, 5.41) is 3.05. The van der Waals surface area contributed by atoms with Crippen LogP contribution in [0, 0.1) is 6.92 Å². The highest BCUT2D eigenvalue weighted by Crippen LogP contribution is 2.29. The fourth-order valence-electron chi connectivity index (χ4n) is 5.36. The molecule has 1 unspecified atom stereocenters. The summed E-state index contributed by atoms with van der Waals surface area (Å²) in [6, 6.07) is 18.3. The molecule has 0 spiro atoms. The number of nitrogens with two attached hydrogens (primary N) is 1. The number of pyridine rings is 1. The van der Waals surface area contributed by atoms with Crippen LogP contribution in [0.2, 0.25) is 0 Å². The second kappa shape index (κ2) is 17.2. The number of likely N-dealkylation sites (tertiary alicyclic amines) is 1. The first-order valence-corrected chi connectivity index (χ1v) is 16.0. The fraction of sp³-hybridized carbons (Fsp3) is 0.378. The van der Waals surface area contributed by atoms with Crippen LogP contribution in [0.1, 0.15) is 76.0 Å². The fourth-order valence-corrected chi connectivity index (χ4v) is 5.36. The van der Waals surface area contributed by atoms with Gasteiger partial charge in [0.2, 0.25) is 6.41 Å². The van der Waals surface area contributed by atoms with Gasteiger partial charge in [0.1, 0.15) is 5.60 Å². The van der Waals surface area contributed by atoms with Gasteiger partial charge in [-0.25, -0.2) is 9.78 Å². The minimum atomic E-state index is -0.525. The average molecular weight is 641 g/mol. The van der Waals surface area contributed by atoms with Gasteiger partial charge in [-0.2, -0.15) is 0 Å². The van der Waals surface area contributed by atoms with E-state index in [1.807, 2.05) is 95.2 Å². The number of Topliss-reactive ketones (excluding diaryl/α,β-unsaturated/α-hetero) is 1. The Bertz CT molecular complexity index is 1640. The standard InChI is InChI=1S/C34H39N5O3.C2H6.CH3NO/c1-23-19-39(22-36-23)31-15-25(20-38-13-7-10-30(21-38)37-33(41)42-34(3,4)5)14-29(17-31)32-18-28(11-12-35-32)27-9-6-8-26(16-27)24(2)40;1-2;2-1-3/h6,8-9,11-12,14-19,22,30H,7,10,13,20-21H2,1-5H3,(H,37,41);1-2H3;1H,(H2,2,3). The van der Waals surface area contributed by atoms with E-state index >= 15 is 0 Å². The molecule has 5 rings (SSSR count). The molecule has 0 bridgehead atoms. The molecule has 10 heteroatoms. The van der Waals surface area contributed by atoms with Gasteiger partial charge >= 0.3 is 6.09 Å². The molecule has 0 radical (unpaired) electrons. The van der Waals surface area contributed by atoms with E-state index in [1.165, 1.54) is 0 Å². The number of ether oxygens (including phenoxy) is 1. The summed E-state index contributed by atoms with van der Waals surface area (Å²) in [4.78, 5) is 44.5. The molecule has 1 saturated heterocycles. The molecule has 1 atom stereocenters. The number of aromatic nitrogens is 3. The van der Waals surface area contributed by atoms with Gasteiger partial charge in [-0.3, -0.25) is 19.5 Å². The summed E-state index contributed by atoms with van der Waals surface area (Å²) in [6.07, 6.45) is 7.47. The van der Waals surface area contributed by atoms with Crippen molar-refractivity contribution in [3.8, 4) is 28.1 Å². The first kappa shape index (κ1) is 36.6. The highest BCUT2D eigenvalue weighted by atomic mass is 16.6. The van der Waals surface area contributed by atoms with E-state index < -0.39 is 5.60 Å². The van der Waals surface area contributed by atoms with Gasteiger partial charge in [-0.15, -0.1) is 0 Å². The Kier molecular flexibility index (Phi) is 13.4. The number of ketones is 1. The number of amides is 2. The summed E-state index contributed by atoms with van der Waals surface area (Å²) < 4.78 is 7.52. The molecule has 47 heavy (non-hydrogen) atoms. The third-order valence-corrected chi connectivity index (χ3v) is 7.28. The van der Waals surface area contributed by atoms with Crippen molar-refractivity contribution in [2.24, 2.45) is 5.73 Å². The van der Waals surface area contributed by atoms with Crippen LogP contribution in [0.5, 0.6) is 0 Å². The predicted molar refractivity (Wildman–Crippen MR) is 186 cm³/mol. The minimum Gasteiger partial charge on any atom is -0.444 e. The van der Waals surface area contributed by atoms with Crippen LogP contribution >= 0.6 is 0 Å². The number of carbonyl (C=O) groups excluding carboxylic acids is 3. The quantitative estimate of drug-likeness (QED) is 0.169. The number of primary amides is 1. The van der Waals surface area contributed by atoms with Crippen molar-refractivity contribution in [2.45, 2.75) is 79.5 Å². The van der Waals surface area contributed by atoms with E-state index in [-0.39, 0.29) is 24.3 Å². The Labute approximate surface area is 278 Å². The smallest absolute Gasteiger partial charge is 0.407 e. The van der Waals surface area contributed by atoms with Crippen LogP contribution in [0.15, 0.2) is 73.3 Å². The number of aryl methyl sites for hydroxylation is 1. The maximum atomic E-state index is 12.4. The molecule has 2 aromatic carbocycles. The Morgan fingerprint density at radius 3 is 2.43 bits per heavy atom. The molecular weight excluding hydrogens is 592 g/mol. The molecule has 1 fully saturated rings. The van der Waals surface area contributed by atoms with Gasteiger partial charge in [0.25, 0.3) is 0 Å². The summed E-state index contributed by atoms with van der Waals surface area (Å²) in [5.41, 5.74) is 11.3. The number of alkyl carbamates (subject to hydrolysis) is 1. The number of piperidine rings is 1. The van der Waals surface area contributed by atoms with E-state index in [9.17, 15) is 9.59 Å². The summed E-state index contributed by atoms with van der Waals surface area (Å²) in [5.74, 6) is 0.0420. The van der Waals surface area contributed by atoms with Crippen molar-refractivity contribution in [3.05, 3.63) is 90.1 Å². The monoisotopic (exact) mass is 640 g/mol. The SMILES string of the molecule is CC.CC(=O)c1cccc(-c2ccnc(-c3cc(CN4CCCC(NC(=O)OC(C)(C)C)C4)cc(-n4cnc(C)c4)c3)c2)c1.NC=O. The third kappa shape index (κ3) is 11.2. The first-order valence-electron chi connectivity index (χ1n) is 16.0. The van der Waals surface area contributed by atoms with E-state index in [0.29, 0.717) is 5.56 Å². The van der Waals surface area contributed by atoms with Crippen molar-refractivity contribution in [1.82, 2.24) is 24.8 Å². The van der Waals surface area contributed by atoms with Crippen LogP contribution < -0.4 is 11.1 Å². The summed E-state index contributed by atoms with van der Waals surface area (Å²) in [7, 11) is 0. The van der Waals surface area contributed by atoms with E-state index in [4.69, 9.17) is 14.5 Å². The number of nitrogens with zero attached hydrogens (tertiary/aromatic N) is 4. The van der Waals surface area contributed by atoms with Crippen molar-refractivity contribution in [1.29, 1.82) is 0 Å². The molecule has 0 aliphatic carbocycles. The lowest BCUT2D eigenvalue weighted by atomic mass is 9.99. The molecule has 1 aliphatic heterocycles. The van der Waals surface area contributed by atoms with Crippen LogP contribution in [0.3, 0.4) is 0 Å². The highest BCUT2D eigenvalue weighted by molar-refractivity contribution is 5.95. The Morgan fingerprint density at radius 1 is 1.04 bits per heavy atom.